The van der Waals surface area contributed by atoms with Crippen LogP contribution < -0.4 is 5.32 Å². The van der Waals surface area contributed by atoms with Crippen molar-refractivity contribution in [3.05, 3.63) is 48.0 Å². The van der Waals surface area contributed by atoms with Crippen molar-refractivity contribution >= 4 is 16.7 Å². The number of nitrogens with zero attached hydrogens (tertiary/aromatic N) is 1. The summed E-state index contributed by atoms with van der Waals surface area (Å²) in [7, 11) is 0. The van der Waals surface area contributed by atoms with E-state index < -0.39 is 0 Å². The lowest BCUT2D eigenvalue weighted by molar-refractivity contribution is -0.120. The SMILES string of the molecule is CC(C)(CNC(=O)CC#N)c1cccc2ccccc12. The molecule has 20 heavy (non-hydrogen) atoms. The number of benzene rings is 2. The Morgan fingerprint density at radius 2 is 1.90 bits per heavy atom. The highest BCUT2D eigenvalue weighted by Gasteiger charge is 2.23. The predicted octanol–water partition coefficient (Wildman–Crippen LogP) is 3.15. The fraction of sp³-hybridized carbons (Fsp3) is 0.294. The van der Waals surface area contributed by atoms with Gasteiger partial charge >= 0.3 is 0 Å². The molecule has 0 unspecified atom stereocenters. The zero-order chi connectivity index (χ0) is 14.6. The molecule has 0 spiro atoms. The van der Waals surface area contributed by atoms with Gasteiger partial charge in [0.05, 0.1) is 6.07 Å². The molecule has 3 heteroatoms. The van der Waals surface area contributed by atoms with E-state index in [2.05, 4.69) is 43.4 Å². The molecule has 0 bridgehead atoms. The second kappa shape index (κ2) is 5.75. The first-order valence-corrected chi connectivity index (χ1v) is 6.66. The standard InChI is InChI=1S/C17H18N2O/c1-17(2,12-19-16(20)10-11-18)15-9-5-7-13-6-3-4-8-14(13)15/h3-9H,10,12H2,1-2H3,(H,19,20). The Kier molecular flexibility index (Phi) is 4.05. The normalized spacial score (nSPS) is 11.1. The van der Waals surface area contributed by atoms with Crippen molar-refractivity contribution in [2.45, 2.75) is 25.7 Å². The van der Waals surface area contributed by atoms with Crippen LogP contribution in [0.2, 0.25) is 0 Å². The first kappa shape index (κ1) is 14.1. The third-order valence-corrected chi connectivity index (χ3v) is 3.49. The molecule has 0 heterocycles. The molecule has 0 aliphatic heterocycles. The zero-order valence-electron chi connectivity index (χ0n) is 11.8. The van der Waals surface area contributed by atoms with Gasteiger partial charge in [-0.1, -0.05) is 56.3 Å². The van der Waals surface area contributed by atoms with E-state index in [0.29, 0.717) is 6.54 Å². The van der Waals surface area contributed by atoms with Crippen LogP contribution in [0.5, 0.6) is 0 Å². The number of carbonyl (C=O) groups excluding carboxylic acids is 1. The number of amides is 1. The maximum atomic E-state index is 11.5. The number of fused-ring (bicyclic) bond motifs is 1. The largest absolute Gasteiger partial charge is 0.354 e. The van der Waals surface area contributed by atoms with Gasteiger partial charge in [0.1, 0.15) is 6.42 Å². The highest BCUT2D eigenvalue weighted by atomic mass is 16.1. The van der Waals surface area contributed by atoms with Gasteiger partial charge in [-0.05, 0) is 16.3 Å². The number of hydrogen-bond acceptors (Lipinski definition) is 2. The molecular formula is C17H18N2O. The van der Waals surface area contributed by atoms with E-state index in [0.717, 1.165) is 0 Å². The van der Waals surface area contributed by atoms with Crippen molar-refractivity contribution in [2.24, 2.45) is 0 Å². The van der Waals surface area contributed by atoms with Crippen LogP contribution in [0.25, 0.3) is 10.8 Å². The van der Waals surface area contributed by atoms with Crippen LogP contribution in [0.3, 0.4) is 0 Å². The molecule has 1 amide bonds. The summed E-state index contributed by atoms with van der Waals surface area (Å²) in [5.74, 6) is -0.221. The fourth-order valence-corrected chi connectivity index (χ4v) is 2.36. The average Bonchev–Trinajstić information content (AvgIpc) is 2.45. The molecule has 1 N–H and O–H groups in total. The van der Waals surface area contributed by atoms with E-state index in [1.54, 1.807) is 0 Å². The summed E-state index contributed by atoms with van der Waals surface area (Å²) in [6.07, 6.45) is -0.0916. The van der Waals surface area contributed by atoms with E-state index in [-0.39, 0.29) is 17.7 Å². The Balaban J connectivity index is 2.28. The molecule has 2 rings (SSSR count). The first-order chi connectivity index (χ1) is 9.54. The van der Waals surface area contributed by atoms with E-state index in [9.17, 15) is 4.79 Å². The van der Waals surface area contributed by atoms with Crippen molar-refractivity contribution < 1.29 is 4.79 Å². The second-order valence-electron chi connectivity index (χ2n) is 5.52. The first-order valence-electron chi connectivity index (χ1n) is 6.66. The highest BCUT2D eigenvalue weighted by Crippen LogP contribution is 2.29. The Hall–Kier alpha value is -2.34. The second-order valence-corrected chi connectivity index (χ2v) is 5.52. The third-order valence-electron chi connectivity index (χ3n) is 3.49. The van der Waals surface area contributed by atoms with Crippen LogP contribution in [-0.2, 0) is 10.2 Å². The van der Waals surface area contributed by atoms with Gasteiger partial charge in [-0.3, -0.25) is 4.79 Å². The Bertz CT molecular complexity index is 663. The molecule has 2 aromatic carbocycles. The molecule has 2 aromatic rings. The summed E-state index contributed by atoms with van der Waals surface area (Å²) in [5.41, 5.74) is 1.01. The van der Waals surface area contributed by atoms with Gasteiger partial charge in [-0.2, -0.15) is 5.26 Å². The van der Waals surface area contributed by atoms with Crippen molar-refractivity contribution in [3.63, 3.8) is 0 Å². The molecule has 102 valence electrons. The van der Waals surface area contributed by atoms with Gasteiger partial charge in [0.2, 0.25) is 5.91 Å². The number of carbonyl (C=O) groups is 1. The van der Waals surface area contributed by atoms with E-state index in [4.69, 9.17) is 5.26 Å². The molecule has 0 radical (unpaired) electrons. The Morgan fingerprint density at radius 3 is 2.65 bits per heavy atom. The molecule has 0 saturated carbocycles. The topological polar surface area (TPSA) is 52.9 Å². The Morgan fingerprint density at radius 1 is 1.20 bits per heavy atom. The van der Waals surface area contributed by atoms with Crippen LogP contribution >= 0.6 is 0 Å². The minimum absolute atomic E-state index is 0.0916. The monoisotopic (exact) mass is 266 g/mol. The molecule has 0 aromatic heterocycles. The summed E-state index contributed by atoms with van der Waals surface area (Å²) in [4.78, 5) is 11.5. The van der Waals surface area contributed by atoms with Gasteiger partial charge in [-0.25, -0.2) is 0 Å². The smallest absolute Gasteiger partial charge is 0.234 e. The minimum atomic E-state index is -0.221. The van der Waals surface area contributed by atoms with Crippen LogP contribution in [0.15, 0.2) is 42.5 Å². The van der Waals surface area contributed by atoms with Crippen molar-refractivity contribution in [3.8, 4) is 6.07 Å². The molecule has 0 aliphatic carbocycles. The zero-order valence-corrected chi connectivity index (χ0v) is 11.8. The average molecular weight is 266 g/mol. The maximum Gasteiger partial charge on any atom is 0.234 e. The van der Waals surface area contributed by atoms with Gasteiger partial charge in [0.25, 0.3) is 0 Å². The molecule has 0 aliphatic rings. The molecule has 0 fully saturated rings. The van der Waals surface area contributed by atoms with Crippen molar-refractivity contribution in [1.82, 2.24) is 5.32 Å². The van der Waals surface area contributed by atoms with Crippen molar-refractivity contribution in [2.75, 3.05) is 6.54 Å². The van der Waals surface area contributed by atoms with Crippen LogP contribution in [-0.4, -0.2) is 12.5 Å². The molecule has 0 atom stereocenters. The van der Waals surface area contributed by atoms with E-state index in [1.165, 1.54) is 16.3 Å². The lowest BCUT2D eigenvalue weighted by atomic mass is 9.81. The summed E-state index contributed by atoms with van der Waals surface area (Å²) >= 11 is 0. The minimum Gasteiger partial charge on any atom is -0.354 e. The predicted molar refractivity (Wildman–Crippen MR) is 80.2 cm³/mol. The summed E-state index contributed by atoms with van der Waals surface area (Å²) in [6.45, 7) is 4.71. The van der Waals surface area contributed by atoms with Gasteiger partial charge in [-0.15, -0.1) is 0 Å². The van der Waals surface area contributed by atoms with Gasteiger partial charge < -0.3 is 5.32 Å². The number of nitriles is 1. The lowest BCUT2D eigenvalue weighted by Crippen LogP contribution is -2.36. The fourth-order valence-electron chi connectivity index (χ4n) is 2.36. The van der Waals surface area contributed by atoms with Crippen LogP contribution in [0, 0.1) is 11.3 Å². The van der Waals surface area contributed by atoms with Crippen LogP contribution in [0.1, 0.15) is 25.8 Å². The quantitative estimate of drug-likeness (QED) is 0.924. The summed E-state index contributed by atoms with van der Waals surface area (Å²) < 4.78 is 0. The van der Waals surface area contributed by atoms with Crippen LogP contribution in [0.4, 0.5) is 0 Å². The number of rotatable bonds is 4. The van der Waals surface area contributed by atoms with E-state index in [1.807, 2.05) is 24.3 Å². The molecular weight excluding hydrogens is 248 g/mol. The maximum absolute atomic E-state index is 11.5. The lowest BCUT2D eigenvalue weighted by Gasteiger charge is -2.27. The summed E-state index contributed by atoms with van der Waals surface area (Å²) in [6, 6.07) is 16.3. The third kappa shape index (κ3) is 2.97. The van der Waals surface area contributed by atoms with E-state index >= 15 is 0 Å². The number of nitrogens with one attached hydrogen (secondary N) is 1. The number of hydrogen-bond donors (Lipinski definition) is 1. The summed E-state index contributed by atoms with van der Waals surface area (Å²) in [5, 5.41) is 13.7. The molecule has 3 nitrogen and oxygen atoms in total. The van der Waals surface area contributed by atoms with Gasteiger partial charge in [0, 0.05) is 12.0 Å². The Labute approximate surface area is 119 Å². The molecule has 0 saturated heterocycles. The van der Waals surface area contributed by atoms with Crippen molar-refractivity contribution in [1.29, 1.82) is 5.26 Å². The highest BCUT2D eigenvalue weighted by molar-refractivity contribution is 5.86. The van der Waals surface area contributed by atoms with Gasteiger partial charge in [0.15, 0.2) is 0 Å².